The van der Waals surface area contributed by atoms with Gasteiger partial charge in [0.1, 0.15) is 11.1 Å². The van der Waals surface area contributed by atoms with Gasteiger partial charge < -0.3 is 4.42 Å². The van der Waals surface area contributed by atoms with E-state index in [4.69, 9.17) is 4.42 Å². The SMILES string of the molecule is O=C(CSc1nnnn1-c1ccccc1)c1cc2cc(Br)ccc2oc1=O. The van der Waals surface area contributed by atoms with Crippen LogP contribution in [-0.2, 0) is 0 Å². The lowest BCUT2D eigenvalue weighted by molar-refractivity contribution is 0.101. The first-order valence-electron chi connectivity index (χ1n) is 7.85. The summed E-state index contributed by atoms with van der Waals surface area (Å²) in [7, 11) is 0. The largest absolute Gasteiger partial charge is 0.422 e. The summed E-state index contributed by atoms with van der Waals surface area (Å²) < 4.78 is 7.62. The molecule has 7 nitrogen and oxygen atoms in total. The molecule has 9 heteroatoms. The van der Waals surface area contributed by atoms with Crippen molar-refractivity contribution in [2.45, 2.75) is 5.16 Å². The minimum Gasteiger partial charge on any atom is -0.422 e. The molecule has 134 valence electrons. The van der Waals surface area contributed by atoms with E-state index in [-0.39, 0.29) is 17.1 Å². The highest BCUT2D eigenvalue weighted by atomic mass is 79.9. The van der Waals surface area contributed by atoms with Gasteiger partial charge in [-0.3, -0.25) is 4.79 Å². The van der Waals surface area contributed by atoms with E-state index in [1.165, 1.54) is 4.68 Å². The number of nitrogens with zero attached hydrogens (tertiary/aromatic N) is 4. The molecule has 0 bridgehead atoms. The number of aromatic nitrogens is 4. The maximum Gasteiger partial charge on any atom is 0.347 e. The fourth-order valence-corrected chi connectivity index (χ4v) is 3.65. The molecule has 2 aromatic carbocycles. The Labute approximate surface area is 165 Å². The van der Waals surface area contributed by atoms with Gasteiger partial charge in [-0.05, 0) is 46.8 Å². The Morgan fingerprint density at radius 2 is 1.96 bits per heavy atom. The lowest BCUT2D eigenvalue weighted by Gasteiger charge is -2.04. The van der Waals surface area contributed by atoms with Crippen molar-refractivity contribution < 1.29 is 9.21 Å². The van der Waals surface area contributed by atoms with E-state index in [1.807, 2.05) is 30.3 Å². The molecule has 0 N–H and O–H groups in total. The van der Waals surface area contributed by atoms with Crippen LogP contribution in [0.1, 0.15) is 10.4 Å². The van der Waals surface area contributed by atoms with Crippen LogP contribution < -0.4 is 5.63 Å². The maximum absolute atomic E-state index is 12.6. The Bertz CT molecular complexity index is 1190. The first kappa shape index (κ1) is 17.6. The van der Waals surface area contributed by atoms with Crippen LogP contribution in [0.3, 0.4) is 0 Å². The van der Waals surface area contributed by atoms with E-state index in [9.17, 15) is 9.59 Å². The molecule has 0 aliphatic carbocycles. The molecule has 0 radical (unpaired) electrons. The van der Waals surface area contributed by atoms with Gasteiger partial charge in [0.05, 0.1) is 11.4 Å². The van der Waals surface area contributed by atoms with Gasteiger partial charge >= 0.3 is 5.63 Å². The zero-order valence-electron chi connectivity index (χ0n) is 13.7. The Kier molecular flexibility index (Phi) is 4.87. The number of para-hydroxylation sites is 1. The van der Waals surface area contributed by atoms with E-state index in [2.05, 4.69) is 31.5 Å². The number of rotatable bonds is 5. The minimum absolute atomic E-state index is 0.00633. The lowest BCUT2D eigenvalue weighted by atomic mass is 10.1. The standard InChI is InChI=1S/C18H11BrN4O3S/c19-12-6-7-16-11(8-12)9-14(17(25)26-16)15(24)10-27-18-20-21-22-23(18)13-4-2-1-3-5-13/h1-9H,10H2. The summed E-state index contributed by atoms with van der Waals surface area (Å²) >= 11 is 4.52. The van der Waals surface area contributed by atoms with Gasteiger partial charge in [0.25, 0.3) is 0 Å². The normalized spacial score (nSPS) is 11.0. The first-order valence-corrected chi connectivity index (χ1v) is 9.63. The second kappa shape index (κ2) is 7.45. The van der Waals surface area contributed by atoms with Crippen molar-refractivity contribution >= 4 is 44.4 Å². The number of benzene rings is 2. The summed E-state index contributed by atoms with van der Waals surface area (Å²) in [4.78, 5) is 24.7. The zero-order chi connectivity index (χ0) is 18.8. The predicted octanol–water partition coefficient (Wildman–Crippen LogP) is 3.51. The molecular weight excluding hydrogens is 432 g/mol. The Balaban J connectivity index is 1.57. The van der Waals surface area contributed by atoms with Crippen molar-refractivity contribution in [1.82, 2.24) is 20.2 Å². The third-order valence-electron chi connectivity index (χ3n) is 3.77. The van der Waals surface area contributed by atoms with Crippen molar-refractivity contribution in [3.8, 4) is 5.69 Å². The second-order valence-electron chi connectivity index (χ2n) is 5.55. The first-order chi connectivity index (χ1) is 13.1. The zero-order valence-corrected chi connectivity index (χ0v) is 16.1. The molecule has 2 heterocycles. The van der Waals surface area contributed by atoms with Gasteiger partial charge in [-0.25, -0.2) is 4.79 Å². The number of halogens is 1. The molecule has 0 fully saturated rings. The lowest BCUT2D eigenvalue weighted by Crippen LogP contribution is -2.16. The van der Waals surface area contributed by atoms with Gasteiger partial charge in [-0.2, -0.15) is 4.68 Å². The average molecular weight is 443 g/mol. The van der Waals surface area contributed by atoms with Crippen LogP contribution in [0.4, 0.5) is 0 Å². The topological polar surface area (TPSA) is 90.9 Å². The molecule has 0 saturated carbocycles. The van der Waals surface area contributed by atoms with Crippen molar-refractivity contribution in [3.63, 3.8) is 0 Å². The molecule has 0 amide bonds. The summed E-state index contributed by atoms with van der Waals surface area (Å²) in [6.45, 7) is 0. The maximum atomic E-state index is 12.6. The van der Waals surface area contributed by atoms with E-state index < -0.39 is 5.63 Å². The van der Waals surface area contributed by atoms with Crippen LogP contribution in [0.15, 0.2) is 73.4 Å². The number of hydrogen-bond donors (Lipinski definition) is 0. The van der Waals surface area contributed by atoms with Crippen LogP contribution in [0.25, 0.3) is 16.7 Å². The van der Waals surface area contributed by atoms with Crippen LogP contribution in [-0.4, -0.2) is 31.7 Å². The Hall–Kier alpha value is -2.78. The van der Waals surface area contributed by atoms with Crippen molar-refractivity contribution in [1.29, 1.82) is 0 Å². The molecule has 0 saturated heterocycles. The molecular formula is C18H11BrN4O3S. The monoisotopic (exact) mass is 442 g/mol. The van der Waals surface area contributed by atoms with Crippen LogP contribution in [0.5, 0.6) is 0 Å². The predicted molar refractivity (Wildman–Crippen MR) is 104 cm³/mol. The number of hydrogen-bond acceptors (Lipinski definition) is 7. The summed E-state index contributed by atoms with van der Waals surface area (Å²) in [6.07, 6.45) is 0. The highest BCUT2D eigenvalue weighted by Gasteiger charge is 2.17. The summed E-state index contributed by atoms with van der Waals surface area (Å²) in [5, 5.41) is 12.7. The Morgan fingerprint density at radius 1 is 1.15 bits per heavy atom. The molecule has 0 unspecified atom stereocenters. The number of carbonyl (C=O) groups is 1. The molecule has 2 aromatic heterocycles. The van der Waals surface area contributed by atoms with E-state index >= 15 is 0 Å². The van der Waals surface area contributed by atoms with Crippen LogP contribution >= 0.6 is 27.7 Å². The van der Waals surface area contributed by atoms with Gasteiger partial charge in [0, 0.05) is 9.86 Å². The van der Waals surface area contributed by atoms with Gasteiger partial charge in [0.2, 0.25) is 5.16 Å². The van der Waals surface area contributed by atoms with Crippen LogP contribution in [0.2, 0.25) is 0 Å². The summed E-state index contributed by atoms with van der Waals surface area (Å²) in [6, 6.07) is 16.1. The molecule has 0 spiro atoms. The van der Waals surface area contributed by atoms with Gasteiger partial charge in [0.15, 0.2) is 5.78 Å². The van der Waals surface area contributed by atoms with E-state index in [0.29, 0.717) is 16.1 Å². The molecule has 0 atom stereocenters. The molecule has 27 heavy (non-hydrogen) atoms. The van der Waals surface area contributed by atoms with Crippen molar-refractivity contribution in [3.05, 3.63) is 75.1 Å². The van der Waals surface area contributed by atoms with Crippen LogP contribution in [0, 0.1) is 0 Å². The highest BCUT2D eigenvalue weighted by Crippen LogP contribution is 2.22. The number of Topliss-reactive ketones (excluding diaryl/α,β-unsaturated/α-hetero) is 1. The van der Waals surface area contributed by atoms with Gasteiger partial charge in [-0.1, -0.05) is 45.9 Å². The molecule has 0 aliphatic rings. The number of carbonyl (C=O) groups excluding carboxylic acids is 1. The fourth-order valence-electron chi connectivity index (χ4n) is 2.50. The van der Waals surface area contributed by atoms with E-state index in [0.717, 1.165) is 21.9 Å². The Morgan fingerprint density at radius 3 is 2.78 bits per heavy atom. The number of ketones is 1. The minimum atomic E-state index is -0.655. The highest BCUT2D eigenvalue weighted by molar-refractivity contribution is 9.10. The number of tetrazole rings is 1. The number of thioether (sulfide) groups is 1. The second-order valence-corrected chi connectivity index (χ2v) is 7.41. The smallest absolute Gasteiger partial charge is 0.347 e. The van der Waals surface area contributed by atoms with Crippen molar-refractivity contribution in [2.75, 3.05) is 5.75 Å². The summed E-state index contributed by atoms with van der Waals surface area (Å²) in [5.74, 6) is -0.337. The molecule has 4 aromatic rings. The van der Waals surface area contributed by atoms with E-state index in [1.54, 1.807) is 24.3 Å². The quantitative estimate of drug-likeness (QED) is 0.265. The summed E-state index contributed by atoms with van der Waals surface area (Å²) in [5.41, 5.74) is 0.567. The third-order valence-corrected chi connectivity index (χ3v) is 5.18. The van der Waals surface area contributed by atoms with Gasteiger partial charge in [-0.15, -0.1) is 5.10 Å². The average Bonchev–Trinajstić information content (AvgIpc) is 3.15. The number of fused-ring (bicyclic) bond motifs is 1. The molecule has 0 aliphatic heterocycles. The molecule has 4 rings (SSSR count). The fraction of sp³-hybridized carbons (Fsp3) is 0.0556. The third kappa shape index (κ3) is 3.69. The van der Waals surface area contributed by atoms with Crippen molar-refractivity contribution in [2.24, 2.45) is 0 Å².